The number of rotatable bonds is 22. The SMILES string of the molecule is CC(O)C(NC(=O)C(CCC(=O)O)NC(=O)C(CC(=O)O)NC(=O)C(CC(N)=O)NC(=O)C(N)CC(N)=O)C(=O)NC(CS)C(=O)O. The van der Waals surface area contributed by atoms with E-state index in [2.05, 4.69) is 12.6 Å². The van der Waals surface area contributed by atoms with Gasteiger partial charge in [0.2, 0.25) is 41.4 Å². The van der Waals surface area contributed by atoms with Crippen molar-refractivity contribution in [2.24, 2.45) is 17.2 Å². The highest BCUT2D eigenvalue weighted by Crippen LogP contribution is 2.05. The number of thiol groups is 1. The molecular formula is C24H38N8O14S. The summed E-state index contributed by atoms with van der Waals surface area (Å²) in [6.07, 6.45) is -5.78. The number of carboxylic acid groups (broad SMARTS) is 3. The Morgan fingerprint density at radius 1 is 0.617 bits per heavy atom. The van der Waals surface area contributed by atoms with E-state index in [1.54, 1.807) is 0 Å². The van der Waals surface area contributed by atoms with Crippen molar-refractivity contribution in [3.63, 3.8) is 0 Å². The Labute approximate surface area is 271 Å². The first-order valence-electron chi connectivity index (χ1n) is 13.5. The van der Waals surface area contributed by atoms with Gasteiger partial charge in [0.25, 0.3) is 0 Å². The summed E-state index contributed by atoms with van der Waals surface area (Å²) >= 11 is 3.78. The summed E-state index contributed by atoms with van der Waals surface area (Å²) in [6.45, 7) is 1.05. The molecule has 0 saturated heterocycles. The standard InChI is InChI=1S/C24H38N8O14S/c1-8(33)18(23(44)31-13(7-47)24(45)46)32-20(41)10(2-3-16(36)37)28-22(43)12(6-17(38)39)30-21(42)11(5-15(27)35)29-19(40)9(25)4-14(26)34/h8-13,18,33,47H,2-7,25H2,1H3,(H2,26,34)(H2,27,35)(H,28,43)(H,29,40)(H,30,42)(H,31,44)(H,32,41)(H,36,37)(H,38,39)(H,45,46). The minimum Gasteiger partial charge on any atom is -0.481 e. The molecule has 0 fully saturated rings. The minimum atomic E-state index is -2.03. The molecule has 22 nitrogen and oxygen atoms in total. The summed E-state index contributed by atoms with van der Waals surface area (Å²) in [5.74, 6) is -13.4. The fraction of sp³-hybridized carbons (Fsp3) is 0.583. The van der Waals surface area contributed by atoms with Crippen molar-refractivity contribution in [2.75, 3.05) is 5.75 Å². The topological polar surface area (TPSA) is 390 Å². The zero-order chi connectivity index (χ0) is 36.6. The molecule has 0 rings (SSSR count). The number of primary amides is 2. The van der Waals surface area contributed by atoms with Gasteiger partial charge in [-0.25, -0.2) is 4.79 Å². The van der Waals surface area contributed by atoms with E-state index in [1.165, 1.54) is 0 Å². The molecule has 15 N–H and O–H groups in total. The molecule has 7 amide bonds. The molecule has 0 aliphatic heterocycles. The number of hydrogen-bond donors (Lipinski definition) is 13. The third-order valence-corrected chi connectivity index (χ3v) is 6.31. The van der Waals surface area contributed by atoms with E-state index in [0.29, 0.717) is 0 Å². The first kappa shape index (κ1) is 42.0. The van der Waals surface area contributed by atoms with Gasteiger partial charge in [-0.15, -0.1) is 0 Å². The second-order valence-corrected chi connectivity index (χ2v) is 10.3. The molecule has 0 aliphatic carbocycles. The number of aliphatic hydroxyl groups excluding tert-OH is 1. The van der Waals surface area contributed by atoms with Crippen molar-refractivity contribution < 1.29 is 68.4 Å². The number of nitrogens with two attached hydrogens (primary N) is 3. The van der Waals surface area contributed by atoms with Gasteiger partial charge in [0, 0.05) is 12.2 Å². The Kier molecular flexibility index (Phi) is 18.0. The zero-order valence-corrected chi connectivity index (χ0v) is 25.7. The van der Waals surface area contributed by atoms with E-state index in [1.807, 2.05) is 26.6 Å². The summed E-state index contributed by atoms with van der Waals surface area (Å²) in [5, 5.41) is 47.7. The quantitative estimate of drug-likeness (QED) is 0.0468. The van der Waals surface area contributed by atoms with E-state index < -0.39 is 134 Å². The number of carboxylic acids is 3. The molecule has 0 saturated carbocycles. The third-order valence-electron chi connectivity index (χ3n) is 5.95. The van der Waals surface area contributed by atoms with Crippen LogP contribution < -0.4 is 43.8 Å². The van der Waals surface area contributed by atoms with Gasteiger partial charge in [-0.1, -0.05) is 0 Å². The maximum absolute atomic E-state index is 13.1. The molecule has 0 heterocycles. The van der Waals surface area contributed by atoms with E-state index in [4.69, 9.17) is 27.4 Å². The molecule has 0 aliphatic rings. The summed E-state index contributed by atoms with van der Waals surface area (Å²) in [4.78, 5) is 121. The lowest BCUT2D eigenvalue weighted by Crippen LogP contribution is -2.61. The molecular weight excluding hydrogens is 656 g/mol. The van der Waals surface area contributed by atoms with Crippen LogP contribution in [0.3, 0.4) is 0 Å². The van der Waals surface area contributed by atoms with Crippen LogP contribution in [0.2, 0.25) is 0 Å². The van der Waals surface area contributed by atoms with Gasteiger partial charge in [0.15, 0.2) is 0 Å². The number of carbonyl (C=O) groups is 10. The average molecular weight is 695 g/mol. The zero-order valence-electron chi connectivity index (χ0n) is 24.8. The molecule has 7 atom stereocenters. The third kappa shape index (κ3) is 16.2. The van der Waals surface area contributed by atoms with Gasteiger partial charge in [-0.3, -0.25) is 43.2 Å². The van der Waals surface area contributed by atoms with E-state index >= 15 is 0 Å². The van der Waals surface area contributed by atoms with Gasteiger partial charge in [0.05, 0.1) is 31.4 Å². The van der Waals surface area contributed by atoms with Crippen molar-refractivity contribution in [2.45, 2.75) is 81.4 Å². The molecule has 7 unspecified atom stereocenters. The molecule has 0 aromatic carbocycles. The number of nitrogens with one attached hydrogen (secondary N) is 5. The van der Waals surface area contributed by atoms with E-state index in [0.717, 1.165) is 6.92 Å². The van der Waals surface area contributed by atoms with Crippen LogP contribution in [-0.2, 0) is 47.9 Å². The number of amides is 7. The first-order chi connectivity index (χ1) is 21.7. The van der Waals surface area contributed by atoms with Gasteiger partial charge in [-0.2, -0.15) is 12.6 Å². The second-order valence-electron chi connectivity index (χ2n) is 9.97. The predicted molar refractivity (Wildman–Crippen MR) is 158 cm³/mol. The van der Waals surface area contributed by atoms with Crippen LogP contribution in [0.4, 0.5) is 0 Å². The Hall–Kier alpha value is -5.03. The van der Waals surface area contributed by atoms with Crippen LogP contribution in [-0.4, -0.2) is 128 Å². The summed E-state index contributed by atoms with van der Waals surface area (Å²) < 4.78 is 0. The van der Waals surface area contributed by atoms with Crippen LogP contribution in [0.5, 0.6) is 0 Å². The monoisotopic (exact) mass is 694 g/mol. The Bertz CT molecular complexity index is 1230. The van der Waals surface area contributed by atoms with Crippen LogP contribution in [0.15, 0.2) is 0 Å². The number of aliphatic carboxylic acids is 3. The van der Waals surface area contributed by atoms with Gasteiger partial charge >= 0.3 is 17.9 Å². The summed E-state index contributed by atoms with van der Waals surface area (Å²) in [7, 11) is 0. The van der Waals surface area contributed by atoms with Crippen LogP contribution in [0.1, 0.15) is 39.0 Å². The van der Waals surface area contributed by atoms with Crippen molar-refractivity contribution >= 4 is 71.9 Å². The lowest BCUT2D eigenvalue weighted by atomic mass is 10.1. The molecule has 0 radical (unpaired) electrons. The number of hydrogen-bond acceptors (Lipinski definition) is 13. The van der Waals surface area contributed by atoms with Crippen molar-refractivity contribution in [3.8, 4) is 0 Å². The summed E-state index contributed by atoms with van der Waals surface area (Å²) in [5.41, 5.74) is 15.6. The maximum atomic E-state index is 13.1. The van der Waals surface area contributed by atoms with Gasteiger partial charge in [-0.05, 0) is 13.3 Å². The Balaban J connectivity index is 6.14. The van der Waals surface area contributed by atoms with Crippen molar-refractivity contribution in [1.82, 2.24) is 26.6 Å². The van der Waals surface area contributed by atoms with E-state index in [-0.39, 0.29) is 5.75 Å². The van der Waals surface area contributed by atoms with E-state index in [9.17, 15) is 58.2 Å². The number of carbonyl (C=O) groups excluding carboxylic acids is 7. The van der Waals surface area contributed by atoms with Crippen LogP contribution >= 0.6 is 12.6 Å². The average Bonchev–Trinajstić information content (AvgIpc) is 2.94. The lowest BCUT2D eigenvalue weighted by molar-refractivity contribution is -0.142. The largest absolute Gasteiger partial charge is 0.481 e. The molecule has 264 valence electrons. The highest BCUT2D eigenvalue weighted by molar-refractivity contribution is 7.80. The van der Waals surface area contributed by atoms with Gasteiger partial charge in [0.1, 0.15) is 30.2 Å². The predicted octanol–water partition coefficient (Wildman–Crippen LogP) is -6.78. The molecule has 0 bridgehead atoms. The second kappa shape index (κ2) is 20.2. The maximum Gasteiger partial charge on any atom is 0.327 e. The van der Waals surface area contributed by atoms with Crippen LogP contribution in [0.25, 0.3) is 0 Å². The van der Waals surface area contributed by atoms with Crippen LogP contribution in [0, 0.1) is 0 Å². The fourth-order valence-electron chi connectivity index (χ4n) is 3.57. The molecule has 23 heteroatoms. The Morgan fingerprint density at radius 2 is 1.06 bits per heavy atom. The Morgan fingerprint density at radius 3 is 1.49 bits per heavy atom. The van der Waals surface area contributed by atoms with Crippen molar-refractivity contribution in [1.29, 1.82) is 0 Å². The highest BCUT2D eigenvalue weighted by Gasteiger charge is 2.35. The lowest BCUT2D eigenvalue weighted by Gasteiger charge is -2.27. The minimum absolute atomic E-state index is 0.375. The van der Waals surface area contributed by atoms with Crippen molar-refractivity contribution in [3.05, 3.63) is 0 Å². The van der Waals surface area contributed by atoms with Gasteiger partial charge < -0.3 is 64.2 Å². The molecule has 0 aromatic rings. The fourth-order valence-corrected chi connectivity index (χ4v) is 3.82. The summed E-state index contributed by atoms with van der Waals surface area (Å²) in [6, 6.07) is -10.6. The normalized spacial score (nSPS) is 15.1. The molecule has 0 spiro atoms. The smallest absolute Gasteiger partial charge is 0.327 e. The molecule has 47 heavy (non-hydrogen) atoms. The first-order valence-corrected chi connectivity index (χ1v) is 14.1. The highest BCUT2D eigenvalue weighted by atomic mass is 32.1. The number of aliphatic hydroxyl groups is 1. The molecule has 0 aromatic heterocycles.